The van der Waals surface area contributed by atoms with Gasteiger partial charge in [-0.25, -0.2) is 4.79 Å². The predicted molar refractivity (Wildman–Crippen MR) is 86.1 cm³/mol. The molecule has 0 radical (unpaired) electrons. The Balaban J connectivity index is 1.78. The minimum absolute atomic E-state index is 0.158. The second-order valence-electron chi connectivity index (χ2n) is 4.30. The zero-order valence-electron chi connectivity index (χ0n) is 11.6. The number of furan rings is 1. The van der Waals surface area contributed by atoms with Crippen molar-refractivity contribution in [1.82, 2.24) is 10.6 Å². The molecule has 2 N–H and O–H groups in total. The van der Waals surface area contributed by atoms with Crippen molar-refractivity contribution in [2.24, 2.45) is 0 Å². The summed E-state index contributed by atoms with van der Waals surface area (Å²) in [6.07, 6.45) is 1.48. The molecule has 1 heterocycles. The zero-order valence-corrected chi connectivity index (χ0v) is 13.8. The van der Waals surface area contributed by atoms with Gasteiger partial charge >= 0.3 is 6.03 Å². The fourth-order valence-electron chi connectivity index (χ4n) is 1.55. The third-order valence-electron chi connectivity index (χ3n) is 2.59. The molecule has 3 amide bonds. The molecule has 2 aromatic rings. The summed E-state index contributed by atoms with van der Waals surface area (Å²) in [5, 5.41) is 5.27. The summed E-state index contributed by atoms with van der Waals surface area (Å²) in [7, 11) is 0. The Labute approximate surface area is 146 Å². The smallest absolute Gasteiger partial charge is 0.321 e. The van der Waals surface area contributed by atoms with Gasteiger partial charge in [0.1, 0.15) is 11.5 Å². The van der Waals surface area contributed by atoms with Gasteiger partial charge in [-0.3, -0.25) is 10.1 Å². The first kappa shape index (κ1) is 17.5. The van der Waals surface area contributed by atoms with Gasteiger partial charge in [0.25, 0.3) is 5.91 Å². The van der Waals surface area contributed by atoms with Crippen LogP contribution in [0.15, 0.2) is 34.9 Å². The first-order valence-electron chi connectivity index (χ1n) is 6.33. The molecule has 0 atom stereocenters. The Morgan fingerprint density at radius 1 is 1.13 bits per heavy atom. The highest BCUT2D eigenvalue weighted by atomic mass is 35.5. The maximum absolute atomic E-state index is 11.6. The molecule has 0 saturated carbocycles. The highest BCUT2D eigenvalue weighted by Crippen LogP contribution is 2.33. The molecule has 6 nitrogen and oxygen atoms in total. The lowest BCUT2D eigenvalue weighted by molar-refractivity contribution is -0.122. The standard InChI is InChI=1S/C14H11Cl3N2O4/c15-9-4-11(17)12(5-10(9)16)23-7-13(20)19-14(21)18-6-8-2-1-3-22-8/h1-5H,6-7H2,(H2,18,19,20,21). The SMILES string of the molecule is O=C(COc1cc(Cl)c(Cl)cc1Cl)NC(=O)NCc1ccco1. The van der Waals surface area contributed by atoms with E-state index in [4.69, 9.17) is 44.0 Å². The van der Waals surface area contributed by atoms with Gasteiger partial charge in [0, 0.05) is 6.07 Å². The molecule has 1 aromatic carbocycles. The molecule has 0 aliphatic heterocycles. The van der Waals surface area contributed by atoms with Crippen LogP contribution in [-0.4, -0.2) is 18.5 Å². The Bertz CT molecular complexity index is 704. The van der Waals surface area contributed by atoms with E-state index in [0.29, 0.717) is 5.76 Å². The van der Waals surface area contributed by atoms with Crippen LogP contribution in [0.5, 0.6) is 5.75 Å². The minimum atomic E-state index is -0.671. The maximum atomic E-state index is 11.6. The fourth-order valence-corrected chi connectivity index (χ4v) is 2.14. The van der Waals surface area contributed by atoms with E-state index in [0.717, 1.165) is 0 Å². The Morgan fingerprint density at radius 2 is 1.87 bits per heavy atom. The number of benzene rings is 1. The van der Waals surface area contributed by atoms with Gasteiger partial charge in [-0.1, -0.05) is 34.8 Å². The predicted octanol–water partition coefficient (Wildman–Crippen LogP) is 3.64. The van der Waals surface area contributed by atoms with Crippen LogP contribution < -0.4 is 15.4 Å². The van der Waals surface area contributed by atoms with Crippen LogP contribution in [0.4, 0.5) is 4.79 Å². The van der Waals surface area contributed by atoms with Crippen molar-refractivity contribution in [2.45, 2.75) is 6.54 Å². The summed E-state index contributed by atoms with van der Waals surface area (Å²) in [4.78, 5) is 23.1. The van der Waals surface area contributed by atoms with E-state index < -0.39 is 18.5 Å². The van der Waals surface area contributed by atoms with Gasteiger partial charge < -0.3 is 14.5 Å². The summed E-state index contributed by atoms with van der Waals surface area (Å²) in [6.45, 7) is -0.253. The number of carbonyl (C=O) groups is 2. The number of rotatable bonds is 5. The van der Waals surface area contributed by atoms with E-state index >= 15 is 0 Å². The van der Waals surface area contributed by atoms with Crippen molar-refractivity contribution in [1.29, 1.82) is 0 Å². The summed E-state index contributed by atoms with van der Waals surface area (Å²) in [5.74, 6) is 0.0998. The number of halogens is 3. The van der Waals surface area contributed by atoms with E-state index in [2.05, 4.69) is 10.6 Å². The van der Waals surface area contributed by atoms with Crippen LogP contribution in [-0.2, 0) is 11.3 Å². The minimum Gasteiger partial charge on any atom is -0.482 e. The van der Waals surface area contributed by atoms with Gasteiger partial charge in [-0.2, -0.15) is 0 Å². The highest BCUT2D eigenvalue weighted by Gasteiger charge is 2.12. The van der Waals surface area contributed by atoms with Crippen LogP contribution in [0, 0.1) is 0 Å². The van der Waals surface area contributed by atoms with Gasteiger partial charge in [0.15, 0.2) is 6.61 Å². The second kappa shape index (κ2) is 8.10. The van der Waals surface area contributed by atoms with E-state index in [1.165, 1.54) is 18.4 Å². The molecular formula is C14H11Cl3N2O4. The van der Waals surface area contributed by atoms with Crippen molar-refractivity contribution >= 4 is 46.7 Å². The molecule has 1 aromatic heterocycles. The lowest BCUT2D eigenvalue weighted by Crippen LogP contribution is -2.41. The van der Waals surface area contributed by atoms with E-state index in [1.54, 1.807) is 12.1 Å². The quantitative estimate of drug-likeness (QED) is 0.780. The molecule has 23 heavy (non-hydrogen) atoms. The van der Waals surface area contributed by atoms with E-state index in [9.17, 15) is 9.59 Å². The lowest BCUT2D eigenvalue weighted by Gasteiger charge is -2.09. The number of hydrogen-bond acceptors (Lipinski definition) is 4. The van der Waals surface area contributed by atoms with Gasteiger partial charge in [-0.05, 0) is 18.2 Å². The van der Waals surface area contributed by atoms with Crippen molar-refractivity contribution < 1.29 is 18.7 Å². The Kier molecular flexibility index (Phi) is 6.15. The molecule has 0 bridgehead atoms. The van der Waals surface area contributed by atoms with Crippen LogP contribution in [0.25, 0.3) is 0 Å². The summed E-state index contributed by atoms with van der Waals surface area (Å²) < 4.78 is 10.2. The first-order valence-corrected chi connectivity index (χ1v) is 7.46. The summed E-state index contributed by atoms with van der Waals surface area (Å²) in [5.41, 5.74) is 0. The van der Waals surface area contributed by atoms with Gasteiger partial charge in [0.2, 0.25) is 0 Å². The Morgan fingerprint density at radius 3 is 2.57 bits per heavy atom. The van der Waals surface area contributed by atoms with Crippen LogP contribution >= 0.6 is 34.8 Å². The van der Waals surface area contributed by atoms with Crippen molar-refractivity contribution in [3.05, 3.63) is 51.4 Å². The number of amides is 3. The molecule has 0 saturated heterocycles. The molecule has 122 valence electrons. The Hall–Kier alpha value is -1.89. The monoisotopic (exact) mass is 376 g/mol. The number of urea groups is 1. The lowest BCUT2D eigenvalue weighted by atomic mass is 10.3. The van der Waals surface area contributed by atoms with Crippen LogP contribution in [0.1, 0.15) is 5.76 Å². The molecule has 0 spiro atoms. The van der Waals surface area contributed by atoms with Crippen LogP contribution in [0.3, 0.4) is 0 Å². The fraction of sp³-hybridized carbons (Fsp3) is 0.143. The highest BCUT2D eigenvalue weighted by molar-refractivity contribution is 6.43. The molecule has 0 unspecified atom stereocenters. The number of hydrogen-bond donors (Lipinski definition) is 2. The molecular weight excluding hydrogens is 367 g/mol. The zero-order chi connectivity index (χ0) is 16.8. The maximum Gasteiger partial charge on any atom is 0.321 e. The number of carbonyl (C=O) groups excluding carboxylic acids is 2. The van der Waals surface area contributed by atoms with Crippen molar-refractivity contribution in [2.75, 3.05) is 6.61 Å². The second-order valence-corrected chi connectivity index (χ2v) is 5.52. The largest absolute Gasteiger partial charge is 0.482 e. The normalized spacial score (nSPS) is 10.2. The average molecular weight is 378 g/mol. The van der Waals surface area contributed by atoms with Crippen molar-refractivity contribution in [3.8, 4) is 5.75 Å². The molecule has 9 heteroatoms. The summed E-state index contributed by atoms with van der Waals surface area (Å²) in [6, 6.07) is 5.49. The summed E-state index contributed by atoms with van der Waals surface area (Å²) >= 11 is 17.5. The first-order chi connectivity index (χ1) is 11.0. The number of ether oxygens (including phenoxy) is 1. The third-order valence-corrected chi connectivity index (χ3v) is 3.61. The number of imide groups is 1. The van der Waals surface area contributed by atoms with E-state index in [1.807, 2.05) is 0 Å². The molecule has 0 aliphatic rings. The van der Waals surface area contributed by atoms with Crippen molar-refractivity contribution in [3.63, 3.8) is 0 Å². The molecule has 0 fully saturated rings. The van der Waals surface area contributed by atoms with Gasteiger partial charge in [0.05, 0.1) is 27.9 Å². The topological polar surface area (TPSA) is 80.6 Å². The molecule has 2 rings (SSSR count). The number of nitrogens with one attached hydrogen (secondary N) is 2. The van der Waals surface area contributed by atoms with Crippen LogP contribution in [0.2, 0.25) is 15.1 Å². The molecule has 0 aliphatic carbocycles. The van der Waals surface area contributed by atoms with E-state index in [-0.39, 0.29) is 27.4 Å². The van der Waals surface area contributed by atoms with Gasteiger partial charge in [-0.15, -0.1) is 0 Å². The third kappa shape index (κ3) is 5.35. The average Bonchev–Trinajstić information content (AvgIpc) is 3.01.